The summed E-state index contributed by atoms with van der Waals surface area (Å²) >= 11 is 0. The van der Waals surface area contributed by atoms with E-state index in [9.17, 15) is 4.79 Å². The van der Waals surface area contributed by atoms with Gasteiger partial charge in [0.1, 0.15) is 11.4 Å². The first kappa shape index (κ1) is 16.8. The minimum Gasteiger partial charge on any atom is -0.351 e. The molecule has 1 aliphatic heterocycles. The smallest absolute Gasteiger partial charge is 0.256 e. The fourth-order valence-corrected chi connectivity index (χ4v) is 3.59. The van der Waals surface area contributed by atoms with Crippen LogP contribution in [0.2, 0.25) is 0 Å². The fourth-order valence-electron chi connectivity index (χ4n) is 3.59. The van der Waals surface area contributed by atoms with Gasteiger partial charge in [0.25, 0.3) is 5.91 Å². The number of hydrogen-bond donors (Lipinski definition) is 4. The normalized spacial score (nSPS) is 22.5. The summed E-state index contributed by atoms with van der Waals surface area (Å²) in [6.45, 7) is 0.581. The Morgan fingerprint density at radius 3 is 2.92 bits per heavy atom. The first-order chi connectivity index (χ1) is 12.6. The molecule has 9 heteroatoms. The lowest BCUT2D eigenvalue weighted by Gasteiger charge is -2.30. The predicted octanol–water partition coefficient (Wildman–Crippen LogP) is 0.921. The number of aromatic nitrogens is 4. The van der Waals surface area contributed by atoms with Crippen molar-refractivity contribution in [3.63, 3.8) is 0 Å². The summed E-state index contributed by atoms with van der Waals surface area (Å²) in [6.07, 6.45) is 8.53. The maximum Gasteiger partial charge on any atom is 0.256 e. The molecule has 5 N–H and O–H groups in total. The molecule has 138 valence electrons. The second-order valence-corrected chi connectivity index (χ2v) is 6.95. The van der Waals surface area contributed by atoms with E-state index in [0.29, 0.717) is 30.3 Å². The van der Waals surface area contributed by atoms with Gasteiger partial charge >= 0.3 is 0 Å². The van der Waals surface area contributed by atoms with E-state index >= 15 is 0 Å². The van der Waals surface area contributed by atoms with Crippen molar-refractivity contribution in [3.8, 4) is 0 Å². The number of nitrogens with zero attached hydrogens (tertiary/aromatic N) is 4. The van der Waals surface area contributed by atoms with Crippen LogP contribution in [0.5, 0.6) is 0 Å². The average Bonchev–Trinajstić information content (AvgIpc) is 3.02. The molecule has 3 heterocycles. The highest BCUT2D eigenvalue weighted by Crippen LogP contribution is 2.26. The molecule has 1 saturated carbocycles. The Labute approximate surface area is 151 Å². The number of rotatable bonds is 4. The largest absolute Gasteiger partial charge is 0.351 e. The molecular formula is C17H24N8O. The molecular weight excluding hydrogens is 332 g/mol. The number of hydrogen-bond acceptors (Lipinski definition) is 7. The molecule has 0 radical (unpaired) electrons. The third kappa shape index (κ3) is 3.34. The lowest BCUT2D eigenvalue weighted by molar-refractivity contribution is 0.0945. The molecule has 2 aromatic rings. The first-order valence-electron chi connectivity index (χ1n) is 9.07. The van der Waals surface area contributed by atoms with Crippen molar-refractivity contribution in [2.24, 2.45) is 12.8 Å². The summed E-state index contributed by atoms with van der Waals surface area (Å²) in [7, 11) is 1.84. The number of carbonyl (C=O) groups is 1. The van der Waals surface area contributed by atoms with Crippen LogP contribution in [0.4, 0.5) is 17.5 Å². The second kappa shape index (κ2) is 6.91. The number of amides is 1. The van der Waals surface area contributed by atoms with Crippen molar-refractivity contribution in [1.82, 2.24) is 25.1 Å². The number of aryl methyl sites for hydroxylation is 1. The standard InChI is InChI=1S/C17H24N8O/c1-25-9-10(8-20-25)21-15-14-13(6-7-19-16(14)26)23-17(24-15)22-12-5-3-2-4-11(12)18/h8-9,11-12H,2-7,18H2,1H3,(H,19,26)(H2,21,22,23,24). The van der Waals surface area contributed by atoms with Crippen molar-refractivity contribution in [3.05, 3.63) is 23.7 Å². The number of nitrogens with two attached hydrogens (primary N) is 1. The van der Waals surface area contributed by atoms with Crippen LogP contribution in [0.1, 0.15) is 41.7 Å². The van der Waals surface area contributed by atoms with Gasteiger partial charge in [-0.25, -0.2) is 4.98 Å². The van der Waals surface area contributed by atoms with Gasteiger partial charge in [-0.05, 0) is 12.8 Å². The average molecular weight is 356 g/mol. The fraction of sp³-hybridized carbons (Fsp3) is 0.529. The topological polar surface area (TPSA) is 123 Å². The predicted molar refractivity (Wildman–Crippen MR) is 98.4 cm³/mol. The Morgan fingerprint density at radius 2 is 2.15 bits per heavy atom. The SMILES string of the molecule is Cn1cc(Nc2nc(NC3CCCCC3N)nc3c2C(=O)NCC3)cn1. The van der Waals surface area contributed by atoms with E-state index < -0.39 is 0 Å². The van der Waals surface area contributed by atoms with E-state index in [1.54, 1.807) is 10.9 Å². The van der Waals surface area contributed by atoms with Crippen LogP contribution in [0.25, 0.3) is 0 Å². The van der Waals surface area contributed by atoms with Crippen molar-refractivity contribution in [1.29, 1.82) is 0 Å². The van der Waals surface area contributed by atoms with Crippen molar-refractivity contribution < 1.29 is 4.79 Å². The van der Waals surface area contributed by atoms with Gasteiger partial charge in [0, 0.05) is 38.3 Å². The van der Waals surface area contributed by atoms with Gasteiger partial charge in [-0.2, -0.15) is 10.1 Å². The van der Waals surface area contributed by atoms with Crippen LogP contribution in [0.3, 0.4) is 0 Å². The van der Waals surface area contributed by atoms with Gasteiger partial charge in [-0.3, -0.25) is 9.48 Å². The maximum atomic E-state index is 12.4. The third-order valence-electron chi connectivity index (χ3n) is 4.96. The van der Waals surface area contributed by atoms with E-state index in [4.69, 9.17) is 5.73 Å². The van der Waals surface area contributed by atoms with Gasteiger partial charge in [-0.1, -0.05) is 12.8 Å². The highest BCUT2D eigenvalue weighted by atomic mass is 16.1. The quantitative estimate of drug-likeness (QED) is 0.642. The maximum absolute atomic E-state index is 12.4. The van der Waals surface area contributed by atoms with Crippen LogP contribution in [-0.2, 0) is 13.5 Å². The molecule has 0 bridgehead atoms. The zero-order valence-corrected chi connectivity index (χ0v) is 14.8. The molecule has 2 atom stereocenters. The lowest BCUT2D eigenvalue weighted by atomic mass is 9.91. The van der Waals surface area contributed by atoms with E-state index in [1.165, 1.54) is 6.42 Å². The van der Waals surface area contributed by atoms with Crippen molar-refractivity contribution in [2.75, 3.05) is 17.2 Å². The molecule has 2 aliphatic rings. The minimum absolute atomic E-state index is 0.0985. The molecule has 1 fully saturated rings. The van der Waals surface area contributed by atoms with Crippen molar-refractivity contribution >= 4 is 23.4 Å². The molecule has 0 saturated heterocycles. The van der Waals surface area contributed by atoms with E-state index in [-0.39, 0.29) is 18.0 Å². The lowest BCUT2D eigenvalue weighted by Crippen LogP contribution is -2.43. The Balaban J connectivity index is 1.67. The molecule has 1 aliphatic carbocycles. The zero-order chi connectivity index (χ0) is 18.1. The first-order valence-corrected chi connectivity index (χ1v) is 9.07. The zero-order valence-electron chi connectivity index (χ0n) is 14.8. The molecule has 9 nitrogen and oxygen atoms in total. The second-order valence-electron chi connectivity index (χ2n) is 6.95. The molecule has 2 aromatic heterocycles. The van der Waals surface area contributed by atoms with Crippen LogP contribution in [0, 0.1) is 0 Å². The number of carbonyl (C=O) groups excluding carboxylic acids is 1. The summed E-state index contributed by atoms with van der Waals surface area (Å²) in [5.41, 5.74) is 8.26. The van der Waals surface area contributed by atoms with Gasteiger partial charge < -0.3 is 21.7 Å². The number of nitrogens with one attached hydrogen (secondary N) is 3. The van der Waals surface area contributed by atoms with Crippen LogP contribution in [0.15, 0.2) is 12.4 Å². The number of fused-ring (bicyclic) bond motifs is 1. The Bertz CT molecular complexity index is 817. The summed E-state index contributed by atoms with van der Waals surface area (Å²) in [6, 6.07) is 0.256. The Morgan fingerprint density at radius 1 is 1.31 bits per heavy atom. The molecule has 2 unspecified atom stereocenters. The van der Waals surface area contributed by atoms with Crippen LogP contribution >= 0.6 is 0 Å². The Hall–Kier alpha value is -2.68. The Kier molecular flexibility index (Phi) is 4.46. The highest BCUT2D eigenvalue weighted by Gasteiger charge is 2.27. The molecule has 0 aromatic carbocycles. The van der Waals surface area contributed by atoms with Crippen LogP contribution < -0.4 is 21.7 Å². The minimum atomic E-state index is -0.154. The van der Waals surface area contributed by atoms with Crippen LogP contribution in [-0.4, -0.2) is 44.3 Å². The van der Waals surface area contributed by atoms with E-state index in [0.717, 1.165) is 30.6 Å². The third-order valence-corrected chi connectivity index (χ3v) is 4.96. The van der Waals surface area contributed by atoms with E-state index in [2.05, 4.69) is 31.0 Å². The summed E-state index contributed by atoms with van der Waals surface area (Å²) in [5.74, 6) is 0.859. The molecule has 26 heavy (non-hydrogen) atoms. The van der Waals surface area contributed by atoms with Gasteiger partial charge in [0.05, 0.1) is 17.6 Å². The summed E-state index contributed by atoms with van der Waals surface area (Å²) in [5, 5.41) is 13.6. The highest BCUT2D eigenvalue weighted by molar-refractivity contribution is 6.01. The van der Waals surface area contributed by atoms with Crippen molar-refractivity contribution in [2.45, 2.75) is 44.2 Å². The van der Waals surface area contributed by atoms with Gasteiger partial charge in [-0.15, -0.1) is 0 Å². The number of anilines is 3. The van der Waals surface area contributed by atoms with E-state index in [1.807, 2.05) is 13.2 Å². The monoisotopic (exact) mass is 356 g/mol. The summed E-state index contributed by atoms with van der Waals surface area (Å²) < 4.78 is 1.69. The molecule has 0 spiro atoms. The molecule has 4 rings (SSSR count). The van der Waals surface area contributed by atoms with Gasteiger partial charge in [0.2, 0.25) is 5.95 Å². The summed E-state index contributed by atoms with van der Waals surface area (Å²) in [4.78, 5) is 21.5. The molecule has 1 amide bonds. The van der Waals surface area contributed by atoms with Gasteiger partial charge in [0.15, 0.2) is 0 Å².